The van der Waals surface area contributed by atoms with Crippen molar-refractivity contribution in [3.05, 3.63) is 42.0 Å². The van der Waals surface area contributed by atoms with Crippen LogP contribution in [-0.2, 0) is 4.79 Å². The Labute approximate surface area is 168 Å². The first-order valence-corrected chi connectivity index (χ1v) is 9.81. The molecule has 28 heavy (non-hydrogen) atoms. The Morgan fingerprint density at radius 3 is 2.39 bits per heavy atom. The molecule has 0 bridgehead atoms. The molecule has 1 aromatic carbocycles. The molecule has 1 aliphatic heterocycles. The van der Waals surface area contributed by atoms with Crippen molar-refractivity contribution in [1.82, 2.24) is 5.06 Å². The van der Waals surface area contributed by atoms with E-state index in [0.717, 1.165) is 12.0 Å². The summed E-state index contributed by atoms with van der Waals surface area (Å²) in [5.41, 5.74) is 0.108. The first-order valence-electron chi connectivity index (χ1n) is 9.81. The average molecular weight is 388 g/mol. The minimum atomic E-state index is -0.380. The van der Waals surface area contributed by atoms with Crippen molar-refractivity contribution in [2.45, 2.75) is 71.1 Å². The molecule has 2 rings (SSSR count). The first kappa shape index (κ1) is 22.2. The number of ether oxygens (including phenoxy) is 2. The van der Waals surface area contributed by atoms with E-state index in [1.807, 2.05) is 58.9 Å². The number of hydrogen-bond donors (Lipinski definition) is 1. The molecule has 1 N–H and O–H groups in total. The maximum atomic E-state index is 11.8. The zero-order valence-corrected chi connectivity index (χ0v) is 17.9. The van der Waals surface area contributed by atoms with Crippen molar-refractivity contribution in [3.8, 4) is 11.5 Å². The molecule has 1 aliphatic rings. The van der Waals surface area contributed by atoms with Crippen LogP contribution in [0.25, 0.3) is 6.08 Å². The second kappa shape index (κ2) is 8.93. The van der Waals surface area contributed by atoms with E-state index in [1.165, 1.54) is 5.06 Å². The molecule has 0 saturated carbocycles. The number of ketones is 1. The number of hydroxylamine groups is 2. The van der Waals surface area contributed by atoms with Gasteiger partial charge in [-0.05, 0) is 64.0 Å². The standard InChI is InChI=1S/C23H33NO4/c1-7-8-9-18(25)12-10-17-11-13-20(21(14-17)27-6)28-19-15-22(2,3)24(26)23(4,5)16-19/h8-14,19,26H,7,15-16H2,1-6H3/b9-8+,12-10+. The second-order valence-electron chi connectivity index (χ2n) is 8.54. The monoisotopic (exact) mass is 387 g/mol. The van der Waals surface area contributed by atoms with Gasteiger partial charge in [-0.15, -0.1) is 0 Å². The number of nitrogens with zero attached hydrogens (tertiary/aromatic N) is 1. The van der Waals surface area contributed by atoms with Gasteiger partial charge in [-0.25, -0.2) is 0 Å². The second-order valence-corrected chi connectivity index (χ2v) is 8.54. The summed E-state index contributed by atoms with van der Waals surface area (Å²) in [6.07, 6.45) is 8.93. The normalized spacial score (nSPS) is 20.0. The van der Waals surface area contributed by atoms with Gasteiger partial charge in [0.25, 0.3) is 0 Å². The molecule has 0 radical (unpaired) electrons. The van der Waals surface area contributed by atoms with E-state index in [0.29, 0.717) is 24.3 Å². The molecular weight excluding hydrogens is 354 g/mol. The molecule has 0 aromatic heterocycles. The highest BCUT2D eigenvalue weighted by molar-refractivity contribution is 6.01. The number of allylic oxidation sites excluding steroid dienone is 3. The fourth-order valence-electron chi connectivity index (χ4n) is 3.79. The molecular formula is C23H33NO4. The number of hydrogen-bond acceptors (Lipinski definition) is 5. The van der Waals surface area contributed by atoms with Crippen molar-refractivity contribution < 1.29 is 19.5 Å². The van der Waals surface area contributed by atoms with Crippen LogP contribution in [0.2, 0.25) is 0 Å². The Hall–Kier alpha value is -2.11. The largest absolute Gasteiger partial charge is 0.493 e. The highest BCUT2D eigenvalue weighted by atomic mass is 16.5. The van der Waals surface area contributed by atoms with E-state index in [2.05, 4.69) is 0 Å². The Morgan fingerprint density at radius 1 is 1.18 bits per heavy atom. The lowest BCUT2D eigenvalue weighted by Gasteiger charge is -2.51. The predicted molar refractivity (Wildman–Crippen MR) is 112 cm³/mol. The van der Waals surface area contributed by atoms with Crippen LogP contribution in [0.3, 0.4) is 0 Å². The lowest BCUT2D eigenvalue weighted by atomic mass is 9.80. The summed E-state index contributed by atoms with van der Waals surface area (Å²) in [7, 11) is 1.61. The summed E-state index contributed by atoms with van der Waals surface area (Å²) in [5.74, 6) is 1.25. The van der Waals surface area contributed by atoms with Gasteiger partial charge < -0.3 is 14.7 Å². The summed E-state index contributed by atoms with van der Waals surface area (Å²) in [6.45, 7) is 10.0. The van der Waals surface area contributed by atoms with Crippen molar-refractivity contribution in [1.29, 1.82) is 0 Å². The molecule has 1 fully saturated rings. The molecule has 0 aliphatic carbocycles. The summed E-state index contributed by atoms with van der Waals surface area (Å²) in [5, 5.41) is 11.9. The van der Waals surface area contributed by atoms with Gasteiger partial charge in [0.15, 0.2) is 17.3 Å². The van der Waals surface area contributed by atoms with E-state index < -0.39 is 0 Å². The summed E-state index contributed by atoms with van der Waals surface area (Å²) in [6, 6.07) is 5.64. The van der Waals surface area contributed by atoms with Crippen LogP contribution in [0, 0.1) is 0 Å². The first-order chi connectivity index (χ1) is 13.1. The van der Waals surface area contributed by atoms with Crippen LogP contribution in [0.15, 0.2) is 36.4 Å². The van der Waals surface area contributed by atoms with Gasteiger partial charge >= 0.3 is 0 Å². The summed E-state index contributed by atoms with van der Waals surface area (Å²) < 4.78 is 11.8. The van der Waals surface area contributed by atoms with Crippen LogP contribution < -0.4 is 9.47 Å². The third-order valence-electron chi connectivity index (χ3n) is 5.04. The van der Waals surface area contributed by atoms with Gasteiger partial charge in [-0.3, -0.25) is 4.79 Å². The SMILES string of the molecule is CC/C=C/C(=O)/C=C/c1ccc(OC2CC(C)(C)N(O)C(C)(C)C2)c(OC)c1. The molecule has 0 atom stereocenters. The number of benzene rings is 1. The van der Waals surface area contributed by atoms with Crippen LogP contribution in [0.4, 0.5) is 0 Å². The Bertz CT molecular complexity index is 731. The highest BCUT2D eigenvalue weighted by Crippen LogP contribution is 2.40. The Kier molecular flexibility index (Phi) is 7.07. The van der Waals surface area contributed by atoms with Crippen LogP contribution in [-0.4, -0.2) is 40.3 Å². The van der Waals surface area contributed by atoms with Gasteiger partial charge in [-0.2, -0.15) is 5.06 Å². The topological polar surface area (TPSA) is 59.0 Å². The number of methoxy groups -OCH3 is 1. The average Bonchev–Trinajstić information content (AvgIpc) is 2.63. The van der Waals surface area contributed by atoms with Crippen LogP contribution >= 0.6 is 0 Å². The van der Waals surface area contributed by atoms with E-state index in [1.54, 1.807) is 25.3 Å². The molecule has 1 heterocycles. The molecule has 5 heteroatoms. The molecule has 1 aromatic rings. The van der Waals surface area contributed by atoms with E-state index in [9.17, 15) is 10.0 Å². The predicted octanol–water partition coefficient (Wildman–Crippen LogP) is 5.03. The zero-order chi connectivity index (χ0) is 20.9. The fraction of sp³-hybridized carbons (Fsp3) is 0.522. The Morgan fingerprint density at radius 2 is 1.82 bits per heavy atom. The number of piperidine rings is 1. The van der Waals surface area contributed by atoms with E-state index in [-0.39, 0.29) is 23.0 Å². The Balaban J connectivity index is 2.15. The molecule has 0 unspecified atom stereocenters. The number of carbonyl (C=O) groups is 1. The zero-order valence-electron chi connectivity index (χ0n) is 17.9. The maximum absolute atomic E-state index is 11.8. The van der Waals surface area contributed by atoms with Crippen molar-refractivity contribution in [2.24, 2.45) is 0 Å². The van der Waals surface area contributed by atoms with Gasteiger partial charge in [-0.1, -0.05) is 25.1 Å². The van der Waals surface area contributed by atoms with Gasteiger partial charge in [0.2, 0.25) is 0 Å². The van der Waals surface area contributed by atoms with Crippen LogP contribution in [0.1, 0.15) is 59.4 Å². The molecule has 0 spiro atoms. The third kappa shape index (κ3) is 5.46. The van der Waals surface area contributed by atoms with Gasteiger partial charge in [0.05, 0.1) is 7.11 Å². The smallest absolute Gasteiger partial charge is 0.178 e. The molecule has 154 valence electrons. The van der Waals surface area contributed by atoms with Crippen LogP contribution in [0.5, 0.6) is 11.5 Å². The van der Waals surface area contributed by atoms with Gasteiger partial charge in [0.1, 0.15) is 6.10 Å². The number of carbonyl (C=O) groups excluding carboxylic acids is 1. The highest BCUT2D eigenvalue weighted by Gasteiger charge is 2.46. The maximum Gasteiger partial charge on any atom is 0.178 e. The molecule has 1 saturated heterocycles. The van der Waals surface area contributed by atoms with Crippen molar-refractivity contribution in [3.63, 3.8) is 0 Å². The molecule has 0 amide bonds. The minimum absolute atomic E-state index is 0.0375. The third-order valence-corrected chi connectivity index (χ3v) is 5.04. The fourth-order valence-corrected chi connectivity index (χ4v) is 3.79. The lowest BCUT2D eigenvalue weighted by molar-refractivity contribution is -0.254. The lowest BCUT2D eigenvalue weighted by Crippen LogP contribution is -2.61. The van der Waals surface area contributed by atoms with Gasteiger partial charge in [0, 0.05) is 23.9 Å². The van der Waals surface area contributed by atoms with Crippen molar-refractivity contribution >= 4 is 11.9 Å². The summed E-state index contributed by atoms with van der Waals surface area (Å²) in [4.78, 5) is 11.8. The van der Waals surface area contributed by atoms with E-state index in [4.69, 9.17) is 9.47 Å². The van der Waals surface area contributed by atoms with Crippen molar-refractivity contribution in [2.75, 3.05) is 7.11 Å². The number of rotatable bonds is 7. The van der Waals surface area contributed by atoms with E-state index >= 15 is 0 Å². The summed E-state index contributed by atoms with van der Waals surface area (Å²) >= 11 is 0. The molecule has 5 nitrogen and oxygen atoms in total. The quantitative estimate of drug-likeness (QED) is 0.665. The minimum Gasteiger partial charge on any atom is -0.493 e.